The maximum absolute atomic E-state index is 11.0. The van der Waals surface area contributed by atoms with Crippen LogP contribution in [0.25, 0.3) is 0 Å². The van der Waals surface area contributed by atoms with Crippen LogP contribution in [0.15, 0.2) is 89.9 Å². The van der Waals surface area contributed by atoms with E-state index in [0.29, 0.717) is 16.9 Å². The Bertz CT molecular complexity index is 896. The first kappa shape index (κ1) is 16.4. The summed E-state index contributed by atoms with van der Waals surface area (Å²) >= 11 is 0. The van der Waals surface area contributed by atoms with Crippen molar-refractivity contribution in [2.75, 3.05) is 5.06 Å². The highest BCUT2D eigenvalue weighted by molar-refractivity contribution is 6.09. The molecular formula is C19H15N3O3. The third-order valence-corrected chi connectivity index (χ3v) is 3.51. The van der Waals surface area contributed by atoms with Gasteiger partial charge in [0.15, 0.2) is 5.84 Å². The van der Waals surface area contributed by atoms with Gasteiger partial charge in [0.25, 0.3) is 5.69 Å². The van der Waals surface area contributed by atoms with Gasteiger partial charge in [0.2, 0.25) is 0 Å². The molecule has 3 rings (SSSR count). The van der Waals surface area contributed by atoms with Gasteiger partial charge >= 0.3 is 0 Å². The lowest BCUT2D eigenvalue weighted by atomic mass is 10.2. The number of hydrogen-bond acceptors (Lipinski definition) is 4. The maximum atomic E-state index is 11.0. The van der Waals surface area contributed by atoms with Gasteiger partial charge in [-0.15, -0.1) is 0 Å². The number of anilines is 1. The minimum Gasteiger partial charge on any atom is -0.282 e. The average Bonchev–Trinajstić information content (AvgIpc) is 2.67. The number of rotatable bonds is 4. The van der Waals surface area contributed by atoms with Crippen LogP contribution in [0, 0.1) is 10.1 Å². The Morgan fingerprint density at radius 1 is 0.920 bits per heavy atom. The van der Waals surface area contributed by atoms with Gasteiger partial charge in [0.1, 0.15) is 0 Å². The Labute approximate surface area is 144 Å². The molecular weight excluding hydrogens is 318 g/mol. The predicted octanol–water partition coefficient (Wildman–Crippen LogP) is 4.57. The molecule has 6 heteroatoms. The number of para-hydroxylation sites is 1. The van der Waals surface area contributed by atoms with Crippen LogP contribution in [-0.4, -0.2) is 16.0 Å². The predicted molar refractivity (Wildman–Crippen MR) is 96.4 cm³/mol. The molecule has 0 fully saturated rings. The molecule has 0 atom stereocenters. The summed E-state index contributed by atoms with van der Waals surface area (Å²) in [7, 11) is 0. The Morgan fingerprint density at radius 2 is 1.56 bits per heavy atom. The van der Waals surface area contributed by atoms with Crippen molar-refractivity contribution in [3.05, 3.63) is 101 Å². The lowest BCUT2D eigenvalue weighted by molar-refractivity contribution is -0.384. The first-order valence-corrected chi connectivity index (χ1v) is 7.58. The van der Waals surface area contributed by atoms with Crippen LogP contribution >= 0.6 is 0 Å². The molecule has 0 heterocycles. The van der Waals surface area contributed by atoms with E-state index in [9.17, 15) is 15.3 Å². The second-order valence-electron chi connectivity index (χ2n) is 5.23. The molecule has 3 aromatic rings. The molecule has 0 aliphatic carbocycles. The number of nitro groups is 1. The van der Waals surface area contributed by atoms with Crippen LogP contribution in [-0.2, 0) is 0 Å². The third-order valence-electron chi connectivity index (χ3n) is 3.51. The summed E-state index contributed by atoms with van der Waals surface area (Å²) in [6.45, 7) is 0. The van der Waals surface area contributed by atoms with E-state index in [4.69, 9.17) is 0 Å². The van der Waals surface area contributed by atoms with Crippen LogP contribution in [0.4, 0.5) is 17.1 Å². The summed E-state index contributed by atoms with van der Waals surface area (Å²) in [5.74, 6) is 0.271. The number of hydroxylamine groups is 1. The van der Waals surface area contributed by atoms with Gasteiger partial charge < -0.3 is 0 Å². The van der Waals surface area contributed by atoms with Gasteiger partial charge in [-0.3, -0.25) is 15.3 Å². The Morgan fingerprint density at radius 3 is 2.20 bits per heavy atom. The van der Waals surface area contributed by atoms with Gasteiger partial charge in [-0.1, -0.05) is 54.6 Å². The molecule has 6 nitrogen and oxygen atoms in total. The molecule has 0 saturated heterocycles. The molecule has 124 valence electrons. The zero-order chi connectivity index (χ0) is 17.6. The molecule has 0 aromatic heterocycles. The van der Waals surface area contributed by atoms with Gasteiger partial charge in [0, 0.05) is 17.7 Å². The average molecular weight is 333 g/mol. The van der Waals surface area contributed by atoms with Gasteiger partial charge in [-0.05, 0) is 18.2 Å². The summed E-state index contributed by atoms with van der Waals surface area (Å²) in [5, 5.41) is 22.6. The number of non-ortho nitro benzene ring substituents is 1. The second kappa shape index (κ2) is 7.37. The van der Waals surface area contributed by atoms with Crippen molar-refractivity contribution in [1.82, 2.24) is 0 Å². The van der Waals surface area contributed by atoms with Crippen LogP contribution in [0.5, 0.6) is 0 Å². The van der Waals surface area contributed by atoms with E-state index in [1.54, 1.807) is 36.4 Å². The molecule has 0 spiro atoms. The first-order valence-electron chi connectivity index (χ1n) is 7.58. The normalized spacial score (nSPS) is 11.2. The molecule has 0 radical (unpaired) electrons. The fourth-order valence-electron chi connectivity index (χ4n) is 2.31. The standard InChI is InChI=1S/C19H15N3O3/c23-21(17-11-5-2-6-12-17)19(15-8-3-1-4-9-15)20-16-10-7-13-18(14-16)22(24)25/h1-14,23H. The lowest BCUT2D eigenvalue weighted by Gasteiger charge is -2.19. The molecule has 0 bridgehead atoms. The molecule has 0 unspecified atom stereocenters. The van der Waals surface area contributed by atoms with Crippen molar-refractivity contribution in [1.29, 1.82) is 0 Å². The van der Waals surface area contributed by atoms with E-state index < -0.39 is 4.92 Å². The summed E-state index contributed by atoms with van der Waals surface area (Å²) < 4.78 is 0. The maximum Gasteiger partial charge on any atom is 0.271 e. The van der Waals surface area contributed by atoms with Crippen LogP contribution < -0.4 is 5.06 Å². The number of hydrogen-bond donors (Lipinski definition) is 1. The zero-order valence-electron chi connectivity index (χ0n) is 13.2. The number of nitrogens with zero attached hydrogens (tertiary/aromatic N) is 3. The number of amidine groups is 1. The van der Waals surface area contributed by atoms with Crippen molar-refractivity contribution in [3.63, 3.8) is 0 Å². The fraction of sp³-hybridized carbons (Fsp3) is 0. The van der Waals surface area contributed by atoms with E-state index in [2.05, 4.69) is 4.99 Å². The van der Waals surface area contributed by atoms with Crippen molar-refractivity contribution in [3.8, 4) is 0 Å². The van der Waals surface area contributed by atoms with Crippen molar-refractivity contribution in [2.24, 2.45) is 4.99 Å². The van der Waals surface area contributed by atoms with Gasteiger partial charge in [0.05, 0.1) is 16.3 Å². The number of benzene rings is 3. The van der Waals surface area contributed by atoms with E-state index in [-0.39, 0.29) is 11.5 Å². The minimum absolute atomic E-state index is 0.0575. The fourth-order valence-corrected chi connectivity index (χ4v) is 2.31. The first-order chi connectivity index (χ1) is 12.1. The Hall–Kier alpha value is -3.51. The van der Waals surface area contributed by atoms with Crippen LogP contribution in [0.2, 0.25) is 0 Å². The largest absolute Gasteiger partial charge is 0.282 e. The highest BCUT2D eigenvalue weighted by atomic mass is 16.6. The summed E-state index contributed by atoms with van der Waals surface area (Å²) in [5.41, 5.74) is 1.54. The highest BCUT2D eigenvalue weighted by Gasteiger charge is 2.14. The van der Waals surface area contributed by atoms with Crippen LogP contribution in [0.3, 0.4) is 0 Å². The highest BCUT2D eigenvalue weighted by Crippen LogP contribution is 2.23. The molecule has 0 aliphatic heterocycles. The lowest BCUT2D eigenvalue weighted by Crippen LogP contribution is -2.27. The van der Waals surface area contributed by atoms with E-state index >= 15 is 0 Å². The van der Waals surface area contributed by atoms with E-state index in [1.807, 2.05) is 36.4 Å². The SMILES string of the molecule is O=[N+]([O-])c1cccc(N=C(c2ccccc2)N(O)c2ccccc2)c1. The molecule has 1 N–H and O–H groups in total. The number of aliphatic imine (C=N–C) groups is 1. The molecule has 0 saturated carbocycles. The Kier molecular flexibility index (Phi) is 4.82. The van der Waals surface area contributed by atoms with E-state index in [0.717, 1.165) is 5.06 Å². The summed E-state index contributed by atoms with van der Waals surface area (Å²) in [6.07, 6.45) is 0. The molecule has 0 amide bonds. The summed E-state index contributed by atoms with van der Waals surface area (Å²) in [6, 6.07) is 24.0. The van der Waals surface area contributed by atoms with Crippen molar-refractivity contribution < 1.29 is 10.1 Å². The van der Waals surface area contributed by atoms with Crippen LogP contribution in [0.1, 0.15) is 5.56 Å². The monoisotopic (exact) mass is 333 g/mol. The van der Waals surface area contributed by atoms with Gasteiger partial charge in [-0.25, -0.2) is 10.1 Å². The topological polar surface area (TPSA) is 79.0 Å². The molecule has 3 aromatic carbocycles. The molecule has 25 heavy (non-hydrogen) atoms. The van der Waals surface area contributed by atoms with E-state index in [1.165, 1.54) is 12.1 Å². The smallest absolute Gasteiger partial charge is 0.271 e. The second-order valence-corrected chi connectivity index (χ2v) is 5.23. The number of nitro benzene ring substituents is 1. The van der Waals surface area contributed by atoms with Crippen molar-refractivity contribution in [2.45, 2.75) is 0 Å². The zero-order valence-corrected chi connectivity index (χ0v) is 13.2. The minimum atomic E-state index is -0.477. The van der Waals surface area contributed by atoms with Gasteiger partial charge in [-0.2, -0.15) is 0 Å². The molecule has 0 aliphatic rings. The third kappa shape index (κ3) is 3.88. The summed E-state index contributed by atoms with van der Waals surface area (Å²) in [4.78, 5) is 14.9. The quantitative estimate of drug-likeness (QED) is 0.328. The van der Waals surface area contributed by atoms with Crippen molar-refractivity contribution >= 4 is 22.9 Å². The Balaban J connectivity index is 2.08.